The highest BCUT2D eigenvalue weighted by molar-refractivity contribution is 14.1. The van der Waals surface area contributed by atoms with Gasteiger partial charge in [0.25, 0.3) is 0 Å². The Hall–Kier alpha value is -2.23. The number of hydrogen-bond donors (Lipinski definition) is 1. The van der Waals surface area contributed by atoms with Crippen molar-refractivity contribution in [2.45, 2.75) is 10.1 Å². The molecular weight excluding hydrogens is 556 g/mol. The van der Waals surface area contributed by atoms with Crippen LogP contribution in [0, 0.1) is 0 Å². The molecule has 15 heteroatoms. The average molecular weight is 568 g/mol. The lowest BCUT2D eigenvalue weighted by Crippen LogP contribution is -2.32. The van der Waals surface area contributed by atoms with Crippen molar-refractivity contribution in [3.05, 3.63) is 29.5 Å². The van der Waals surface area contributed by atoms with Crippen molar-refractivity contribution in [3.8, 4) is 11.8 Å². The summed E-state index contributed by atoms with van der Waals surface area (Å²) in [5.41, 5.74) is 0.322. The van der Waals surface area contributed by atoms with Crippen LogP contribution in [0.5, 0.6) is 11.8 Å². The number of amides is 2. The van der Waals surface area contributed by atoms with Gasteiger partial charge in [0.15, 0.2) is 13.2 Å². The molecule has 1 N–H and O–H groups in total. The van der Waals surface area contributed by atoms with Crippen molar-refractivity contribution in [3.63, 3.8) is 0 Å². The molecule has 30 heavy (non-hydrogen) atoms. The van der Waals surface area contributed by atoms with Gasteiger partial charge < -0.3 is 9.47 Å². The Bertz CT molecular complexity index is 846. The maximum Gasteiger partial charge on any atom is 0.422 e. The molecule has 2 amide bonds. The highest BCUT2D eigenvalue weighted by atomic mass is 127. The number of nitrogens with one attached hydrogen (secondary N) is 1. The van der Waals surface area contributed by atoms with Crippen LogP contribution in [0.1, 0.15) is 0 Å². The van der Waals surface area contributed by atoms with Crippen molar-refractivity contribution < 1.29 is 36.2 Å². The maximum absolute atomic E-state index is 13.0. The van der Waals surface area contributed by atoms with Crippen molar-refractivity contribution in [2.24, 2.45) is 0 Å². The highest BCUT2D eigenvalue weighted by Crippen LogP contribution is 2.26. The molecule has 0 saturated heterocycles. The molecule has 0 aliphatic rings. The van der Waals surface area contributed by atoms with Gasteiger partial charge in [0.05, 0.1) is 18.0 Å². The van der Waals surface area contributed by atoms with Gasteiger partial charge in [0, 0.05) is 29.6 Å². The van der Waals surface area contributed by atoms with E-state index >= 15 is 0 Å². The van der Waals surface area contributed by atoms with E-state index < -0.39 is 47.1 Å². The number of anilines is 2. The number of pyridine rings is 1. The fourth-order valence-corrected chi connectivity index (χ4v) is 2.05. The quantitative estimate of drug-likeness (QED) is 0.229. The SMILES string of the molecule is CN(C(=O)Nc1nc(OCC(F)(F)F)cc(OCC(F)(F)I)n1)c1ccc(Cl)nc1. The molecule has 0 aliphatic carbocycles. The van der Waals surface area contributed by atoms with Gasteiger partial charge in [0.2, 0.25) is 17.7 Å². The fraction of sp³-hybridized carbons (Fsp3) is 0.333. The molecule has 0 atom stereocenters. The lowest BCUT2D eigenvalue weighted by molar-refractivity contribution is -0.154. The van der Waals surface area contributed by atoms with E-state index in [0.29, 0.717) is 5.69 Å². The Morgan fingerprint density at radius 3 is 2.27 bits per heavy atom. The minimum atomic E-state index is -4.67. The molecule has 8 nitrogen and oxygen atoms in total. The van der Waals surface area contributed by atoms with Gasteiger partial charge >= 0.3 is 16.1 Å². The zero-order valence-electron chi connectivity index (χ0n) is 14.9. The van der Waals surface area contributed by atoms with Gasteiger partial charge in [-0.3, -0.25) is 10.2 Å². The zero-order valence-corrected chi connectivity index (χ0v) is 17.8. The average Bonchev–Trinajstić information content (AvgIpc) is 2.63. The molecule has 0 unspecified atom stereocenters. The topological polar surface area (TPSA) is 89.5 Å². The molecule has 2 heterocycles. The van der Waals surface area contributed by atoms with Gasteiger partial charge in [-0.25, -0.2) is 9.78 Å². The summed E-state index contributed by atoms with van der Waals surface area (Å²) in [6.07, 6.45) is -3.38. The van der Waals surface area contributed by atoms with Crippen LogP contribution < -0.4 is 19.7 Å². The number of aromatic nitrogens is 3. The minimum absolute atomic E-state index is 0.194. The first-order valence-corrected chi connectivity index (χ1v) is 9.22. The zero-order chi connectivity index (χ0) is 22.5. The standard InChI is InChI=1S/C15H12ClF5IN5O3/c1-27(8-2-3-9(16)23-5-8)13(28)26-12-24-10(29-6-14(17,18)19)4-11(25-12)30-7-15(20,21)22/h2-5H,6-7H2,1H3,(H,24,25,26,28). The van der Waals surface area contributed by atoms with E-state index in [0.717, 1.165) is 33.6 Å². The lowest BCUT2D eigenvalue weighted by Gasteiger charge is -2.18. The van der Waals surface area contributed by atoms with Crippen molar-refractivity contribution in [2.75, 3.05) is 30.5 Å². The van der Waals surface area contributed by atoms with Crippen LogP contribution in [0.25, 0.3) is 0 Å². The molecule has 0 aliphatic heterocycles. The van der Waals surface area contributed by atoms with Gasteiger partial charge in [0.1, 0.15) is 5.15 Å². The van der Waals surface area contributed by atoms with E-state index in [2.05, 4.69) is 25.0 Å². The van der Waals surface area contributed by atoms with E-state index in [1.165, 1.54) is 25.4 Å². The summed E-state index contributed by atoms with van der Waals surface area (Å²) in [6.45, 7) is -2.82. The predicted molar refractivity (Wildman–Crippen MR) is 105 cm³/mol. The van der Waals surface area contributed by atoms with Gasteiger partial charge in [-0.15, -0.1) is 0 Å². The molecule has 0 spiro atoms. The predicted octanol–water partition coefficient (Wildman–Crippen LogP) is 4.54. The Labute approximate surface area is 184 Å². The first-order chi connectivity index (χ1) is 13.8. The van der Waals surface area contributed by atoms with E-state index in [-0.39, 0.29) is 5.15 Å². The molecule has 2 aromatic heterocycles. The molecule has 0 saturated carbocycles. The first kappa shape index (κ1) is 24.0. The third-order valence-electron chi connectivity index (χ3n) is 3.07. The minimum Gasteiger partial charge on any atom is -0.470 e. The second kappa shape index (κ2) is 9.72. The number of halogens is 7. The van der Waals surface area contributed by atoms with Crippen LogP contribution in [0.2, 0.25) is 5.15 Å². The van der Waals surface area contributed by atoms with Crippen molar-refractivity contribution >= 4 is 51.9 Å². The van der Waals surface area contributed by atoms with Crippen LogP contribution >= 0.6 is 34.2 Å². The van der Waals surface area contributed by atoms with Crippen LogP contribution in [0.4, 0.5) is 38.4 Å². The van der Waals surface area contributed by atoms with Gasteiger partial charge in [-0.2, -0.15) is 31.9 Å². The number of alkyl halides is 6. The van der Waals surface area contributed by atoms with Gasteiger partial charge in [-0.05, 0) is 12.1 Å². The van der Waals surface area contributed by atoms with Crippen LogP contribution in [0.3, 0.4) is 0 Å². The van der Waals surface area contributed by atoms with E-state index in [4.69, 9.17) is 16.3 Å². The monoisotopic (exact) mass is 567 g/mol. The Balaban J connectivity index is 2.20. The summed E-state index contributed by atoms with van der Waals surface area (Å²) in [4.78, 5) is 24.5. The second-order valence-electron chi connectivity index (χ2n) is 5.50. The summed E-state index contributed by atoms with van der Waals surface area (Å²) >= 11 is 6.48. The third kappa shape index (κ3) is 8.25. The molecule has 2 rings (SSSR count). The number of rotatable bonds is 7. The lowest BCUT2D eigenvalue weighted by atomic mass is 10.4. The number of carbonyl (C=O) groups is 1. The number of hydrogen-bond acceptors (Lipinski definition) is 6. The Kier molecular flexibility index (Phi) is 7.79. The van der Waals surface area contributed by atoms with E-state index in [1.54, 1.807) is 0 Å². The normalized spacial score (nSPS) is 11.7. The number of ether oxygens (including phenoxy) is 2. The summed E-state index contributed by atoms with van der Waals surface area (Å²) in [5.74, 6) is -1.69. The van der Waals surface area contributed by atoms with Crippen LogP contribution in [0.15, 0.2) is 24.4 Å². The van der Waals surface area contributed by atoms with Crippen molar-refractivity contribution in [1.82, 2.24) is 15.0 Å². The molecule has 0 aromatic carbocycles. The Morgan fingerprint density at radius 2 is 1.77 bits per heavy atom. The van der Waals surface area contributed by atoms with Crippen molar-refractivity contribution in [1.29, 1.82) is 0 Å². The Morgan fingerprint density at radius 1 is 1.17 bits per heavy atom. The summed E-state index contributed by atoms with van der Waals surface area (Å²) in [6, 6.07) is 2.89. The largest absolute Gasteiger partial charge is 0.470 e. The highest BCUT2D eigenvalue weighted by Gasteiger charge is 2.29. The summed E-state index contributed by atoms with van der Waals surface area (Å²) in [5, 5.41) is 2.40. The smallest absolute Gasteiger partial charge is 0.422 e. The van der Waals surface area contributed by atoms with Gasteiger partial charge in [-0.1, -0.05) is 11.6 Å². The van der Waals surface area contributed by atoms with E-state index in [9.17, 15) is 26.7 Å². The molecular formula is C15H12ClF5IN5O3. The summed E-state index contributed by atoms with van der Waals surface area (Å²) in [7, 11) is 1.36. The number of nitrogens with zero attached hydrogens (tertiary/aromatic N) is 4. The first-order valence-electron chi connectivity index (χ1n) is 7.77. The van der Waals surface area contributed by atoms with E-state index in [1.807, 2.05) is 0 Å². The third-order valence-corrected chi connectivity index (χ3v) is 3.60. The molecule has 0 radical (unpaired) electrons. The maximum atomic E-state index is 13.0. The fourth-order valence-electron chi connectivity index (χ4n) is 1.78. The molecule has 0 fully saturated rings. The van der Waals surface area contributed by atoms with Crippen LogP contribution in [-0.4, -0.2) is 51.4 Å². The number of carbonyl (C=O) groups excluding carboxylic acids is 1. The second-order valence-corrected chi connectivity index (χ2v) is 7.47. The van der Waals surface area contributed by atoms with Crippen LogP contribution in [-0.2, 0) is 0 Å². The molecule has 2 aromatic rings. The molecule has 0 bridgehead atoms. The summed E-state index contributed by atoms with van der Waals surface area (Å²) < 4.78 is 69.1. The number of urea groups is 1. The molecule has 164 valence electrons.